The third-order valence-electron chi connectivity index (χ3n) is 6.14. The predicted molar refractivity (Wildman–Crippen MR) is 108 cm³/mol. The quantitative estimate of drug-likeness (QED) is 0.728. The summed E-state index contributed by atoms with van der Waals surface area (Å²) in [7, 11) is 1.87. The number of rotatable bonds is 6. The molecule has 0 aromatic heterocycles. The van der Waals surface area contributed by atoms with E-state index in [1.54, 1.807) is 4.90 Å². The van der Waals surface area contributed by atoms with Gasteiger partial charge in [-0.15, -0.1) is 0 Å². The van der Waals surface area contributed by atoms with E-state index in [9.17, 15) is 18.4 Å². The van der Waals surface area contributed by atoms with Gasteiger partial charge < -0.3 is 9.80 Å². The van der Waals surface area contributed by atoms with Crippen molar-refractivity contribution < 1.29 is 18.4 Å². The minimum atomic E-state index is -0.752. The number of amides is 2. The molecule has 5 nitrogen and oxygen atoms in total. The molecule has 0 bridgehead atoms. The van der Waals surface area contributed by atoms with E-state index in [2.05, 4.69) is 11.8 Å². The van der Waals surface area contributed by atoms with Gasteiger partial charge in [0.15, 0.2) is 0 Å². The fourth-order valence-corrected chi connectivity index (χ4v) is 4.66. The number of halogens is 2. The Labute approximate surface area is 171 Å². The second-order valence-electron chi connectivity index (χ2n) is 8.24. The van der Waals surface area contributed by atoms with Crippen molar-refractivity contribution in [3.8, 4) is 0 Å². The SMILES string of the molecule is CCCN(C)C(=O)[C@@H](C1CCCC1)N1CCN(C(=O)c2cc(F)cc(F)c2)CC1. The summed E-state index contributed by atoms with van der Waals surface area (Å²) in [5.41, 5.74) is 0.0297. The van der Waals surface area contributed by atoms with E-state index in [1.165, 1.54) is 0 Å². The fourth-order valence-electron chi connectivity index (χ4n) is 4.66. The van der Waals surface area contributed by atoms with Crippen molar-refractivity contribution in [1.29, 1.82) is 0 Å². The van der Waals surface area contributed by atoms with Gasteiger partial charge in [0.05, 0.1) is 6.04 Å². The van der Waals surface area contributed by atoms with E-state index >= 15 is 0 Å². The van der Waals surface area contributed by atoms with Crippen LogP contribution in [0.4, 0.5) is 8.78 Å². The molecule has 2 amide bonds. The first kappa shape index (κ1) is 21.7. The van der Waals surface area contributed by atoms with E-state index in [0.29, 0.717) is 32.1 Å². The highest BCUT2D eigenvalue weighted by molar-refractivity contribution is 5.94. The van der Waals surface area contributed by atoms with Crippen LogP contribution in [0.1, 0.15) is 49.4 Å². The molecule has 1 aromatic rings. The number of hydrogen-bond donors (Lipinski definition) is 0. The Morgan fingerprint density at radius 1 is 1.07 bits per heavy atom. The molecule has 1 aliphatic heterocycles. The van der Waals surface area contributed by atoms with Crippen LogP contribution in [0.2, 0.25) is 0 Å². The van der Waals surface area contributed by atoms with Gasteiger partial charge in [0, 0.05) is 51.4 Å². The standard InChI is InChI=1S/C22H31F2N3O2/c1-3-8-25(2)22(29)20(16-6-4-5-7-16)26-9-11-27(12-10-26)21(28)17-13-18(23)15-19(24)14-17/h13-16,20H,3-12H2,1-2H3/t20-/m1/s1. The molecule has 1 saturated heterocycles. The highest BCUT2D eigenvalue weighted by Crippen LogP contribution is 2.32. The molecular weight excluding hydrogens is 376 g/mol. The number of carbonyl (C=O) groups excluding carboxylic acids is 2. The van der Waals surface area contributed by atoms with E-state index in [1.807, 2.05) is 11.9 Å². The first-order valence-corrected chi connectivity index (χ1v) is 10.6. The first-order valence-electron chi connectivity index (χ1n) is 10.6. The van der Waals surface area contributed by atoms with Crippen molar-refractivity contribution in [2.24, 2.45) is 5.92 Å². The molecule has 160 valence electrons. The molecule has 2 aliphatic rings. The van der Waals surface area contributed by atoms with Crippen molar-refractivity contribution in [3.63, 3.8) is 0 Å². The van der Waals surface area contributed by atoms with Crippen LogP contribution >= 0.6 is 0 Å². The summed E-state index contributed by atoms with van der Waals surface area (Å²) in [6.45, 7) is 4.89. The van der Waals surface area contributed by atoms with Gasteiger partial charge in [-0.2, -0.15) is 0 Å². The van der Waals surface area contributed by atoms with E-state index in [-0.39, 0.29) is 23.4 Å². The highest BCUT2D eigenvalue weighted by Gasteiger charge is 2.38. The fraction of sp³-hybridized carbons (Fsp3) is 0.636. The van der Waals surface area contributed by atoms with Gasteiger partial charge in [-0.25, -0.2) is 8.78 Å². The number of benzene rings is 1. The second-order valence-corrected chi connectivity index (χ2v) is 8.24. The molecule has 1 saturated carbocycles. The normalized spacial score (nSPS) is 19.4. The monoisotopic (exact) mass is 407 g/mol. The van der Waals surface area contributed by atoms with Crippen molar-refractivity contribution in [3.05, 3.63) is 35.4 Å². The van der Waals surface area contributed by atoms with Crippen LogP contribution in [0.3, 0.4) is 0 Å². The number of likely N-dealkylation sites (N-methyl/N-ethyl adjacent to an activating group) is 1. The number of hydrogen-bond acceptors (Lipinski definition) is 3. The van der Waals surface area contributed by atoms with Crippen LogP contribution in [0.5, 0.6) is 0 Å². The van der Waals surface area contributed by atoms with Gasteiger partial charge in [0.2, 0.25) is 5.91 Å². The largest absolute Gasteiger partial charge is 0.344 e. The molecule has 7 heteroatoms. The third-order valence-corrected chi connectivity index (χ3v) is 6.14. The van der Waals surface area contributed by atoms with Crippen LogP contribution in [0.15, 0.2) is 18.2 Å². The summed E-state index contributed by atoms with van der Waals surface area (Å²) in [5.74, 6) is -1.34. The summed E-state index contributed by atoms with van der Waals surface area (Å²) in [6, 6.07) is 2.77. The zero-order valence-corrected chi connectivity index (χ0v) is 17.4. The van der Waals surface area contributed by atoms with Crippen LogP contribution in [-0.2, 0) is 4.79 Å². The topological polar surface area (TPSA) is 43.9 Å². The third kappa shape index (κ3) is 5.13. The zero-order chi connectivity index (χ0) is 21.0. The molecule has 2 fully saturated rings. The lowest BCUT2D eigenvalue weighted by Crippen LogP contribution is -2.58. The maximum atomic E-state index is 13.5. The highest BCUT2D eigenvalue weighted by atomic mass is 19.1. The average molecular weight is 408 g/mol. The summed E-state index contributed by atoms with van der Waals surface area (Å²) in [4.78, 5) is 31.5. The minimum absolute atomic E-state index is 0.0297. The molecule has 1 atom stereocenters. The van der Waals surface area contributed by atoms with Crippen molar-refractivity contribution in [2.75, 3.05) is 39.8 Å². The molecule has 0 radical (unpaired) electrons. The van der Waals surface area contributed by atoms with Crippen molar-refractivity contribution in [1.82, 2.24) is 14.7 Å². The molecular formula is C22H31F2N3O2. The Bertz CT molecular complexity index is 709. The van der Waals surface area contributed by atoms with Gasteiger partial charge >= 0.3 is 0 Å². The van der Waals surface area contributed by atoms with E-state index in [4.69, 9.17) is 0 Å². The van der Waals surface area contributed by atoms with Gasteiger partial charge in [-0.3, -0.25) is 14.5 Å². The van der Waals surface area contributed by atoms with Crippen LogP contribution < -0.4 is 0 Å². The van der Waals surface area contributed by atoms with Crippen LogP contribution in [0.25, 0.3) is 0 Å². The summed E-state index contributed by atoms with van der Waals surface area (Å²) in [5, 5.41) is 0. The molecule has 0 unspecified atom stereocenters. The summed E-state index contributed by atoms with van der Waals surface area (Å²) in [6.07, 6.45) is 5.38. The summed E-state index contributed by atoms with van der Waals surface area (Å²) >= 11 is 0. The van der Waals surface area contributed by atoms with Crippen LogP contribution in [-0.4, -0.2) is 72.3 Å². The van der Waals surface area contributed by atoms with Gasteiger partial charge in [0.1, 0.15) is 11.6 Å². The lowest BCUT2D eigenvalue weighted by Gasteiger charge is -2.42. The molecule has 1 aromatic carbocycles. The van der Waals surface area contributed by atoms with Gasteiger partial charge in [-0.1, -0.05) is 19.8 Å². The molecule has 0 N–H and O–H groups in total. The molecule has 1 heterocycles. The number of piperazine rings is 1. The molecule has 29 heavy (non-hydrogen) atoms. The average Bonchev–Trinajstić information content (AvgIpc) is 3.22. The minimum Gasteiger partial charge on any atom is -0.344 e. The Morgan fingerprint density at radius 2 is 1.66 bits per heavy atom. The van der Waals surface area contributed by atoms with Crippen molar-refractivity contribution in [2.45, 2.75) is 45.1 Å². The van der Waals surface area contributed by atoms with Gasteiger partial charge in [-0.05, 0) is 37.3 Å². The Kier molecular flexibility index (Phi) is 7.22. The Hall–Kier alpha value is -2.02. The van der Waals surface area contributed by atoms with Gasteiger partial charge in [0.25, 0.3) is 5.91 Å². The predicted octanol–water partition coefficient (Wildman–Crippen LogP) is 3.15. The Morgan fingerprint density at radius 3 is 2.21 bits per heavy atom. The Balaban J connectivity index is 1.67. The van der Waals surface area contributed by atoms with Crippen molar-refractivity contribution >= 4 is 11.8 Å². The first-order chi connectivity index (χ1) is 13.9. The maximum Gasteiger partial charge on any atom is 0.254 e. The zero-order valence-electron chi connectivity index (χ0n) is 17.4. The van der Waals surface area contributed by atoms with E-state index in [0.717, 1.165) is 56.8 Å². The number of nitrogens with zero attached hydrogens (tertiary/aromatic N) is 3. The maximum absolute atomic E-state index is 13.5. The molecule has 1 aliphatic carbocycles. The summed E-state index contributed by atoms with van der Waals surface area (Å²) < 4.78 is 26.9. The van der Waals surface area contributed by atoms with Crippen LogP contribution in [0, 0.1) is 17.6 Å². The number of carbonyl (C=O) groups is 2. The molecule has 3 rings (SSSR count). The lowest BCUT2D eigenvalue weighted by molar-refractivity contribution is -0.138. The lowest BCUT2D eigenvalue weighted by atomic mass is 9.94. The smallest absolute Gasteiger partial charge is 0.254 e. The second kappa shape index (κ2) is 9.65. The molecule has 0 spiro atoms. The van der Waals surface area contributed by atoms with E-state index < -0.39 is 11.6 Å².